The molecule has 0 aliphatic rings. The molecule has 0 saturated heterocycles. The van der Waals surface area contributed by atoms with Crippen LogP contribution in [0.2, 0.25) is 0 Å². The lowest BCUT2D eigenvalue weighted by Crippen LogP contribution is -2.09. The van der Waals surface area contributed by atoms with Crippen LogP contribution in [0.15, 0.2) is 42.7 Å². The minimum Gasteiger partial charge on any atom is -0.475 e. The van der Waals surface area contributed by atoms with Crippen LogP contribution in [-0.2, 0) is 4.74 Å². The summed E-state index contributed by atoms with van der Waals surface area (Å²) in [5.74, 6) is 0.522. The summed E-state index contributed by atoms with van der Waals surface area (Å²) in [6, 6.07) is 9.45. The van der Waals surface area contributed by atoms with Crippen molar-refractivity contribution in [2.75, 3.05) is 26.5 Å². The van der Waals surface area contributed by atoms with E-state index in [9.17, 15) is 4.39 Å². The zero-order chi connectivity index (χ0) is 14.8. The van der Waals surface area contributed by atoms with E-state index in [2.05, 4.69) is 9.97 Å². The summed E-state index contributed by atoms with van der Waals surface area (Å²) in [4.78, 5) is 8.40. The van der Waals surface area contributed by atoms with Crippen LogP contribution in [0.4, 0.5) is 4.39 Å². The number of hydrogen-bond acceptors (Lipinski definition) is 4. The van der Waals surface area contributed by atoms with Gasteiger partial charge in [0.15, 0.2) is 0 Å². The number of nitrogens with zero attached hydrogens (tertiary/aromatic N) is 2. The molecule has 0 aromatic carbocycles. The molecule has 0 spiro atoms. The minimum atomic E-state index is -0.484. The first-order valence-corrected chi connectivity index (χ1v) is 6.71. The van der Waals surface area contributed by atoms with E-state index < -0.39 is 6.67 Å². The van der Waals surface area contributed by atoms with Gasteiger partial charge in [0, 0.05) is 18.0 Å². The summed E-state index contributed by atoms with van der Waals surface area (Å²) in [6.07, 6.45) is 7.19. The van der Waals surface area contributed by atoms with E-state index in [4.69, 9.17) is 9.47 Å². The Bertz CT molecular complexity index is 561. The van der Waals surface area contributed by atoms with Gasteiger partial charge in [0.25, 0.3) is 0 Å². The number of aromatic nitrogens is 2. The van der Waals surface area contributed by atoms with Gasteiger partial charge in [-0.3, -0.25) is 4.98 Å². The number of rotatable bonds is 8. The van der Waals surface area contributed by atoms with Crippen molar-refractivity contribution < 1.29 is 13.9 Å². The van der Waals surface area contributed by atoms with Gasteiger partial charge in [-0.15, -0.1) is 0 Å². The highest BCUT2D eigenvalue weighted by Gasteiger charge is 2.01. The van der Waals surface area contributed by atoms with E-state index in [1.165, 1.54) is 0 Å². The second-order valence-corrected chi connectivity index (χ2v) is 4.14. The molecule has 2 rings (SSSR count). The average Bonchev–Trinajstić information content (AvgIpc) is 2.55. The van der Waals surface area contributed by atoms with Crippen molar-refractivity contribution in [3.63, 3.8) is 0 Å². The molecule has 0 amide bonds. The Morgan fingerprint density at radius 3 is 2.67 bits per heavy atom. The van der Waals surface area contributed by atoms with Crippen LogP contribution in [0.3, 0.4) is 0 Å². The number of ether oxygens (including phenoxy) is 2. The smallest absolute Gasteiger partial charge is 0.220 e. The van der Waals surface area contributed by atoms with Crippen molar-refractivity contribution in [2.24, 2.45) is 0 Å². The lowest BCUT2D eigenvalue weighted by atomic mass is 10.2. The van der Waals surface area contributed by atoms with Crippen molar-refractivity contribution >= 4 is 12.2 Å². The maximum atomic E-state index is 11.9. The maximum Gasteiger partial charge on any atom is 0.220 e. The number of halogens is 1. The standard InChI is InChI=1S/C16H17FN2O2/c17-8-11-20-12-13-21-16-14(4-3-10-19-16)6-7-15-5-1-2-9-18-15/h1-7,9-10H,8,11-13H2/b7-6+. The highest BCUT2D eigenvalue weighted by molar-refractivity contribution is 5.70. The van der Waals surface area contributed by atoms with Crippen LogP contribution in [0, 0.1) is 0 Å². The third kappa shape index (κ3) is 5.31. The molecule has 0 saturated carbocycles. The topological polar surface area (TPSA) is 44.2 Å². The lowest BCUT2D eigenvalue weighted by Gasteiger charge is -2.07. The summed E-state index contributed by atoms with van der Waals surface area (Å²) in [7, 11) is 0. The van der Waals surface area contributed by atoms with Gasteiger partial charge < -0.3 is 9.47 Å². The molecule has 0 aliphatic carbocycles. The molecule has 0 aliphatic heterocycles. The van der Waals surface area contributed by atoms with Gasteiger partial charge in [0.1, 0.15) is 13.3 Å². The second-order valence-electron chi connectivity index (χ2n) is 4.14. The molecule has 0 unspecified atom stereocenters. The fourth-order valence-corrected chi connectivity index (χ4v) is 1.65. The molecule has 0 radical (unpaired) electrons. The van der Waals surface area contributed by atoms with E-state index >= 15 is 0 Å². The van der Waals surface area contributed by atoms with Gasteiger partial charge in [-0.2, -0.15) is 0 Å². The van der Waals surface area contributed by atoms with Crippen molar-refractivity contribution in [2.45, 2.75) is 0 Å². The predicted molar refractivity (Wildman–Crippen MR) is 79.7 cm³/mol. The van der Waals surface area contributed by atoms with Crippen LogP contribution < -0.4 is 4.74 Å². The Morgan fingerprint density at radius 1 is 0.952 bits per heavy atom. The van der Waals surface area contributed by atoms with Gasteiger partial charge in [0.2, 0.25) is 5.88 Å². The highest BCUT2D eigenvalue weighted by Crippen LogP contribution is 2.17. The summed E-state index contributed by atoms with van der Waals surface area (Å²) in [6.45, 7) is 0.283. The summed E-state index contributed by atoms with van der Waals surface area (Å²) in [5.41, 5.74) is 1.72. The van der Waals surface area contributed by atoms with Crippen LogP contribution in [-0.4, -0.2) is 36.5 Å². The number of pyridine rings is 2. The quantitative estimate of drug-likeness (QED) is 0.700. The Morgan fingerprint density at radius 2 is 1.86 bits per heavy atom. The Balaban J connectivity index is 1.95. The predicted octanol–water partition coefficient (Wildman–Crippen LogP) is 3.01. The van der Waals surface area contributed by atoms with Gasteiger partial charge >= 0.3 is 0 Å². The van der Waals surface area contributed by atoms with Crippen LogP contribution in [0.25, 0.3) is 12.2 Å². The second kappa shape index (κ2) is 8.81. The van der Waals surface area contributed by atoms with Gasteiger partial charge in [0.05, 0.1) is 18.9 Å². The first-order valence-electron chi connectivity index (χ1n) is 6.71. The molecule has 5 heteroatoms. The Labute approximate surface area is 123 Å². The molecule has 2 heterocycles. The molecule has 21 heavy (non-hydrogen) atoms. The fourth-order valence-electron chi connectivity index (χ4n) is 1.65. The van der Waals surface area contributed by atoms with Crippen molar-refractivity contribution in [3.05, 3.63) is 54.0 Å². The van der Waals surface area contributed by atoms with Crippen LogP contribution >= 0.6 is 0 Å². The molecule has 4 nitrogen and oxygen atoms in total. The first kappa shape index (κ1) is 15.1. The summed E-state index contributed by atoms with van der Waals surface area (Å²) in [5, 5.41) is 0. The fraction of sp³-hybridized carbons (Fsp3) is 0.250. The zero-order valence-electron chi connectivity index (χ0n) is 11.6. The van der Waals surface area contributed by atoms with Crippen molar-refractivity contribution in [1.29, 1.82) is 0 Å². The largest absolute Gasteiger partial charge is 0.475 e. The van der Waals surface area contributed by atoms with E-state index in [1.54, 1.807) is 12.4 Å². The third-order valence-corrected chi connectivity index (χ3v) is 2.61. The van der Waals surface area contributed by atoms with Gasteiger partial charge in [-0.25, -0.2) is 9.37 Å². The molecular formula is C16H17FN2O2. The minimum absolute atomic E-state index is 0.0953. The van der Waals surface area contributed by atoms with E-state index in [-0.39, 0.29) is 6.61 Å². The molecule has 0 atom stereocenters. The zero-order valence-corrected chi connectivity index (χ0v) is 11.6. The Hall–Kier alpha value is -2.27. The summed E-state index contributed by atoms with van der Waals surface area (Å²) < 4.78 is 22.4. The number of hydrogen-bond donors (Lipinski definition) is 0. The SMILES string of the molecule is FCCOCCOc1ncccc1/C=C/c1ccccn1. The number of alkyl halides is 1. The first-order chi connectivity index (χ1) is 10.4. The maximum absolute atomic E-state index is 11.9. The van der Waals surface area contributed by atoms with E-state index in [0.29, 0.717) is 19.1 Å². The molecule has 0 bridgehead atoms. The molecular weight excluding hydrogens is 271 g/mol. The van der Waals surface area contributed by atoms with Crippen molar-refractivity contribution in [1.82, 2.24) is 9.97 Å². The average molecular weight is 288 g/mol. The molecule has 110 valence electrons. The van der Waals surface area contributed by atoms with Crippen LogP contribution in [0.1, 0.15) is 11.3 Å². The van der Waals surface area contributed by atoms with E-state index in [0.717, 1.165) is 11.3 Å². The summed E-state index contributed by atoms with van der Waals surface area (Å²) >= 11 is 0. The third-order valence-electron chi connectivity index (χ3n) is 2.61. The monoisotopic (exact) mass is 288 g/mol. The highest BCUT2D eigenvalue weighted by atomic mass is 19.1. The molecule has 2 aromatic rings. The van der Waals surface area contributed by atoms with Crippen LogP contribution in [0.5, 0.6) is 5.88 Å². The van der Waals surface area contributed by atoms with Gasteiger partial charge in [-0.05, 0) is 36.4 Å². The normalized spacial score (nSPS) is 10.9. The van der Waals surface area contributed by atoms with Gasteiger partial charge in [-0.1, -0.05) is 6.07 Å². The van der Waals surface area contributed by atoms with Crippen molar-refractivity contribution in [3.8, 4) is 5.88 Å². The molecule has 0 fully saturated rings. The lowest BCUT2D eigenvalue weighted by molar-refractivity contribution is 0.0883. The molecule has 0 N–H and O–H groups in total. The Kier molecular flexibility index (Phi) is 6.35. The molecule has 2 aromatic heterocycles. The van der Waals surface area contributed by atoms with E-state index in [1.807, 2.05) is 42.5 Å².